The second-order valence-electron chi connectivity index (χ2n) is 10.8. The van der Waals surface area contributed by atoms with Gasteiger partial charge in [-0.25, -0.2) is 0 Å². The van der Waals surface area contributed by atoms with Crippen molar-refractivity contribution in [1.82, 2.24) is 0 Å². The summed E-state index contributed by atoms with van der Waals surface area (Å²) in [6.07, 6.45) is 5.73. The summed E-state index contributed by atoms with van der Waals surface area (Å²) < 4.78 is 18.3. The first-order valence-electron chi connectivity index (χ1n) is 11.7. The number of benzene rings is 1. The van der Waals surface area contributed by atoms with Crippen molar-refractivity contribution in [3.05, 3.63) is 35.9 Å². The van der Waals surface area contributed by atoms with Crippen LogP contribution in [0.15, 0.2) is 30.3 Å². The van der Waals surface area contributed by atoms with E-state index in [9.17, 15) is 5.11 Å². The van der Waals surface area contributed by atoms with Crippen LogP contribution in [0.25, 0.3) is 0 Å². The van der Waals surface area contributed by atoms with Crippen LogP contribution in [0.3, 0.4) is 0 Å². The SMILES string of the molecule is COC1CC2C(CC[C@H](CCc3ccccc3)O[Si](C)(C)C(C)(C)C)[C@H](O)C[C@@H]2O1. The molecule has 1 N–H and O–H groups in total. The van der Waals surface area contributed by atoms with Crippen molar-refractivity contribution >= 4 is 8.32 Å². The molecular weight excluding hydrogens is 392 g/mol. The lowest BCUT2D eigenvalue weighted by molar-refractivity contribution is -0.118. The number of ether oxygens (including phenoxy) is 2. The van der Waals surface area contributed by atoms with Crippen molar-refractivity contribution in [3.8, 4) is 0 Å². The van der Waals surface area contributed by atoms with Gasteiger partial charge in [-0.2, -0.15) is 0 Å². The Balaban J connectivity index is 1.64. The van der Waals surface area contributed by atoms with Crippen LogP contribution >= 0.6 is 0 Å². The molecule has 30 heavy (non-hydrogen) atoms. The Morgan fingerprint density at radius 2 is 1.83 bits per heavy atom. The standard InChI is InChI=1S/C25H42O4Si/c1-25(2,3)30(5,6)29-19(13-12-18-10-8-7-9-11-18)14-15-20-21-16-24(27-4)28-23(21)17-22(20)26/h7-11,19-24,26H,12-17H2,1-6H3/t19-,20?,21?,22+,23-,24?/m0/s1. The Labute approximate surface area is 184 Å². The smallest absolute Gasteiger partial charge is 0.192 e. The number of fused-ring (bicyclic) bond motifs is 1. The molecule has 0 amide bonds. The Morgan fingerprint density at radius 3 is 2.47 bits per heavy atom. The van der Waals surface area contributed by atoms with Gasteiger partial charge in [0.25, 0.3) is 0 Å². The van der Waals surface area contributed by atoms with Crippen LogP contribution in [-0.2, 0) is 20.3 Å². The first-order chi connectivity index (χ1) is 14.1. The summed E-state index contributed by atoms with van der Waals surface area (Å²) >= 11 is 0. The molecular formula is C25H42O4Si. The van der Waals surface area contributed by atoms with E-state index in [4.69, 9.17) is 13.9 Å². The summed E-state index contributed by atoms with van der Waals surface area (Å²) in [6.45, 7) is 11.6. The molecule has 2 fully saturated rings. The van der Waals surface area contributed by atoms with Crippen LogP contribution in [0.4, 0.5) is 0 Å². The molecule has 1 aromatic rings. The number of aliphatic hydroxyl groups is 1. The third-order valence-corrected chi connectivity index (χ3v) is 12.3. The summed E-state index contributed by atoms with van der Waals surface area (Å²) in [7, 11) is -0.138. The molecule has 1 aromatic carbocycles. The van der Waals surface area contributed by atoms with Crippen molar-refractivity contribution in [2.24, 2.45) is 11.8 Å². The van der Waals surface area contributed by atoms with Gasteiger partial charge >= 0.3 is 0 Å². The van der Waals surface area contributed by atoms with E-state index in [-0.39, 0.29) is 35.6 Å². The molecule has 0 spiro atoms. The minimum absolute atomic E-state index is 0.104. The largest absolute Gasteiger partial charge is 0.414 e. The molecule has 4 nitrogen and oxygen atoms in total. The van der Waals surface area contributed by atoms with E-state index in [1.807, 2.05) is 0 Å². The maximum Gasteiger partial charge on any atom is 0.192 e. The molecule has 2 aliphatic rings. The molecule has 6 atom stereocenters. The quantitative estimate of drug-likeness (QED) is 0.518. The molecule has 0 aromatic heterocycles. The van der Waals surface area contributed by atoms with E-state index in [2.05, 4.69) is 64.2 Å². The van der Waals surface area contributed by atoms with Crippen LogP contribution in [0.2, 0.25) is 18.1 Å². The zero-order valence-electron chi connectivity index (χ0n) is 19.8. The highest BCUT2D eigenvalue weighted by molar-refractivity contribution is 6.74. The third kappa shape index (κ3) is 5.74. The topological polar surface area (TPSA) is 47.9 Å². The van der Waals surface area contributed by atoms with E-state index in [0.29, 0.717) is 5.92 Å². The molecule has 3 rings (SSSR count). The molecule has 170 valence electrons. The predicted molar refractivity (Wildman–Crippen MR) is 124 cm³/mol. The normalized spacial score (nSPS) is 30.4. The fraction of sp³-hybridized carbons (Fsp3) is 0.760. The number of hydrogen-bond acceptors (Lipinski definition) is 4. The highest BCUT2D eigenvalue weighted by atomic mass is 28.4. The summed E-state index contributed by atoms with van der Waals surface area (Å²) in [4.78, 5) is 0. The van der Waals surface area contributed by atoms with Crippen LogP contribution in [0.5, 0.6) is 0 Å². The van der Waals surface area contributed by atoms with Crippen molar-refractivity contribution in [3.63, 3.8) is 0 Å². The van der Waals surface area contributed by atoms with Crippen molar-refractivity contribution < 1.29 is 19.0 Å². The van der Waals surface area contributed by atoms with E-state index < -0.39 is 8.32 Å². The van der Waals surface area contributed by atoms with Crippen LogP contribution < -0.4 is 0 Å². The van der Waals surface area contributed by atoms with Gasteiger partial charge in [0.05, 0.1) is 12.2 Å². The van der Waals surface area contributed by atoms with Gasteiger partial charge in [-0.05, 0) is 61.2 Å². The van der Waals surface area contributed by atoms with Crippen molar-refractivity contribution in [2.45, 2.75) is 102 Å². The van der Waals surface area contributed by atoms with E-state index in [1.54, 1.807) is 7.11 Å². The Hall–Kier alpha value is -0.723. The van der Waals surface area contributed by atoms with E-state index in [1.165, 1.54) is 5.56 Å². The highest BCUT2D eigenvalue weighted by Crippen LogP contribution is 2.46. The minimum Gasteiger partial charge on any atom is -0.414 e. The van der Waals surface area contributed by atoms with Gasteiger partial charge in [0.15, 0.2) is 14.6 Å². The number of aliphatic hydroxyl groups excluding tert-OH is 1. The van der Waals surface area contributed by atoms with E-state index in [0.717, 1.165) is 38.5 Å². The number of aryl methyl sites for hydroxylation is 1. The summed E-state index contributed by atoms with van der Waals surface area (Å²) in [5, 5.41) is 10.9. The lowest BCUT2D eigenvalue weighted by Gasteiger charge is -2.40. The lowest BCUT2D eigenvalue weighted by atomic mass is 9.86. The fourth-order valence-corrected chi connectivity index (χ4v) is 6.29. The first-order valence-corrected chi connectivity index (χ1v) is 14.6. The molecule has 3 unspecified atom stereocenters. The molecule has 1 aliphatic heterocycles. The zero-order chi connectivity index (χ0) is 21.9. The Bertz CT molecular complexity index is 657. The van der Waals surface area contributed by atoms with Gasteiger partial charge in [0.1, 0.15) is 0 Å². The monoisotopic (exact) mass is 434 g/mol. The molecule has 1 saturated heterocycles. The fourth-order valence-electron chi connectivity index (χ4n) is 4.87. The second-order valence-corrected chi connectivity index (χ2v) is 15.6. The minimum atomic E-state index is -1.85. The lowest BCUT2D eigenvalue weighted by Crippen LogP contribution is -2.44. The third-order valence-electron chi connectivity index (χ3n) is 7.74. The van der Waals surface area contributed by atoms with Gasteiger partial charge in [0.2, 0.25) is 0 Å². The maximum absolute atomic E-state index is 10.7. The van der Waals surface area contributed by atoms with Gasteiger partial charge in [0, 0.05) is 26.1 Å². The Morgan fingerprint density at radius 1 is 1.13 bits per heavy atom. The molecule has 0 bridgehead atoms. The van der Waals surface area contributed by atoms with Gasteiger partial charge < -0.3 is 19.0 Å². The van der Waals surface area contributed by atoms with Crippen LogP contribution in [0.1, 0.15) is 58.4 Å². The van der Waals surface area contributed by atoms with Crippen LogP contribution in [-0.4, -0.2) is 45.1 Å². The number of hydrogen-bond donors (Lipinski definition) is 1. The second kappa shape index (κ2) is 9.82. The van der Waals surface area contributed by atoms with Crippen LogP contribution in [0, 0.1) is 11.8 Å². The molecule has 5 heteroatoms. The zero-order valence-corrected chi connectivity index (χ0v) is 20.8. The maximum atomic E-state index is 10.7. The molecule has 1 heterocycles. The molecule has 0 radical (unpaired) electrons. The van der Waals surface area contributed by atoms with Crippen molar-refractivity contribution in [2.75, 3.05) is 7.11 Å². The van der Waals surface area contributed by atoms with Gasteiger partial charge in [-0.15, -0.1) is 0 Å². The first kappa shape index (κ1) is 23.9. The van der Waals surface area contributed by atoms with Gasteiger partial charge in [-0.1, -0.05) is 51.1 Å². The van der Waals surface area contributed by atoms with Crippen molar-refractivity contribution in [1.29, 1.82) is 0 Å². The number of methoxy groups -OCH3 is 1. The summed E-state index contributed by atoms with van der Waals surface area (Å²) in [6, 6.07) is 10.7. The predicted octanol–water partition coefficient (Wildman–Crippen LogP) is 5.55. The average Bonchev–Trinajstić information content (AvgIpc) is 3.20. The molecule has 1 aliphatic carbocycles. The average molecular weight is 435 g/mol. The highest BCUT2D eigenvalue weighted by Gasteiger charge is 2.49. The molecule has 1 saturated carbocycles. The number of rotatable bonds is 9. The van der Waals surface area contributed by atoms with E-state index >= 15 is 0 Å². The Kier molecular flexibility index (Phi) is 7.84. The van der Waals surface area contributed by atoms with Gasteiger partial charge in [-0.3, -0.25) is 0 Å². The summed E-state index contributed by atoms with van der Waals surface area (Å²) in [5.41, 5.74) is 1.37. The summed E-state index contributed by atoms with van der Waals surface area (Å²) in [5.74, 6) is 0.699.